The molecule has 1 aliphatic heterocycles. The lowest BCUT2D eigenvalue weighted by Gasteiger charge is -2.19. The van der Waals surface area contributed by atoms with Crippen LogP contribution in [0, 0.1) is 5.82 Å². The minimum absolute atomic E-state index is 0.147. The van der Waals surface area contributed by atoms with Gasteiger partial charge in [-0.25, -0.2) is 9.37 Å². The topological polar surface area (TPSA) is 21.1 Å². The summed E-state index contributed by atoms with van der Waals surface area (Å²) in [4.78, 5) is 7.46. The molecule has 4 rings (SSSR count). The highest BCUT2D eigenvalue weighted by Gasteiger charge is 2.14. The molecule has 0 saturated carbocycles. The van der Waals surface area contributed by atoms with Gasteiger partial charge in [0.15, 0.2) is 0 Å². The Bertz CT molecular complexity index is 878. The highest BCUT2D eigenvalue weighted by atomic mass is 19.1. The lowest BCUT2D eigenvalue weighted by Crippen LogP contribution is -2.26. The maximum absolute atomic E-state index is 14.2. The number of nitrogens with zero attached hydrogens (tertiary/aromatic N) is 3. The Morgan fingerprint density at radius 1 is 0.889 bits per heavy atom. The van der Waals surface area contributed by atoms with Crippen LogP contribution in [-0.2, 0) is 13.0 Å². The van der Waals surface area contributed by atoms with Crippen LogP contribution in [0.15, 0.2) is 48.5 Å². The number of aryl methyl sites for hydroxylation is 1. The second-order valence-corrected chi connectivity index (χ2v) is 7.55. The quantitative estimate of drug-likeness (QED) is 0.611. The average Bonchev–Trinajstić information content (AvgIpc) is 2.84. The number of imidazole rings is 1. The van der Waals surface area contributed by atoms with Crippen molar-refractivity contribution in [3.63, 3.8) is 0 Å². The van der Waals surface area contributed by atoms with E-state index in [9.17, 15) is 4.39 Å². The van der Waals surface area contributed by atoms with Gasteiger partial charge in [0.25, 0.3) is 0 Å². The van der Waals surface area contributed by atoms with E-state index in [0.717, 1.165) is 41.8 Å². The molecule has 0 bridgehead atoms. The fourth-order valence-electron chi connectivity index (χ4n) is 4.11. The predicted octanol–water partition coefficient (Wildman–Crippen LogP) is 5.03. The van der Waals surface area contributed by atoms with Crippen molar-refractivity contribution in [3.05, 3.63) is 65.7 Å². The smallest absolute Gasteiger partial charge is 0.128 e. The van der Waals surface area contributed by atoms with Crippen molar-refractivity contribution in [2.75, 3.05) is 19.6 Å². The first-order chi connectivity index (χ1) is 13.3. The van der Waals surface area contributed by atoms with E-state index >= 15 is 0 Å². The molecule has 4 heteroatoms. The zero-order chi connectivity index (χ0) is 18.5. The third-order valence-electron chi connectivity index (χ3n) is 5.59. The molecule has 1 aliphatic rings. The van der Waals surface area contributed by atoms with Crippen molar-refractivity contribution in [1.29, 1.82) is 0 Å². The van der Waals surface area contributed by atoms with Crippen LogP contribution in [0.4, 0.5) is 4.39 Å². The fourth-order valence-corrected chi connectivity index (χ4v) is 4.11. The van der Waals surface area contributed by atoms with Crippen molar-refractivity contribution in [2.24, 2.45) is 0 Å². The molecule has 1 aromatic heterocycles. The van der Waals surface area contributed by atoms with Crippen LogP contribution < -0.4 is 0 Å². The largest absolute Gasteiger partial charge is 0.323 e. The van der Waals surface area contributed by atoms with Crippen molar-refractivity contribution in [1.82, 2.24) is 14.5 Å². The molecule has 0 amide bonds. The fraction of sp³-hybridized carbons (Fsp3) is 0.435. The Morgan fingerprint density at radius 2 is 1.63 bits per heavy atom. The lowest BCUT2D eigenvalue weighted by molar-refractivity contribution is 0.280. The minimum atomic E-state index is -0.147. The molecule has 27 heavy (non-hydrogen) atoms. The molecule has 2 aromatic carbocycles. The number of benzene rings is 2. The van der Waals surface area contributed by atoms with E-state index in [1.165, 1.54) is 44.8 Å². The highest BCUT2D eigenvalue weighted by molar-refractivity contribution is 5.76. The zero-order valence-corrected chi connectivity index (χ0v) is 15.9. The summed E-state index contributed by atoms with van der Waals surface area (Å²) in [5, 5.41) is 0. The molecule has 0 N–H and O–H groups in total. The summed E-state index contributed by atoms with van der Waals surface area (Å²) < 4.78 is 16.4. The first-order valence-electron chi connectivity index (χ1n) is 10.2. The SMILES string of the molecule is Fc1ccccc1Cn1c(CCCN2CCCCCC2)nc2ccccc21. The summed E-state index contributed by atoms with van der Waals surface area (Å²) in [7, 11) is 0. The Hall–Kier alpha value is -2.20. The summed E-state index contributed by atoms with van der Waals surface area (Å²) in [6.07, 6.45) is 7.42. The monoisotopic (exact) mass is 365 g/mol. The Kier molecular flexibility index (Phi) is 5.83. The number of likely N-dealkylation sites (tertiary alicyclic amines) is 1. The van der Waals surface area contributed by atoms with E-state index in [1.807, 2.05) is 30.3 Å². The van der Waals surface area contributed by atoms with Gasteiger partial charge in [0.05, 0.1) is 17.6 Å². The van der Waals surface area contributed by atoms with Crippen molar-refractivity contribution in [2.45, 2.75) is 45.1 Å². The zero-order valence-electron chi connectivity index (χ0n) is 15.9. The van der Waals surface area contributed by atoms with Crippen LogP contribution in [-0.4, -0.2) is 34.1 Å². The molecular weight excluding hydrogens is 337 g/mol. The molecule has 0 spiro atoms. The third kappa shape index (κ3) is 4.38. The van der Waals surface area contributed by atoms with E-state index in [2.05, 4.69) is 15.5 Å². The maximum Gasteiger partial charge on any atom is 0.128 e. The summed E-state index contributed by atoms with van der Waals surface area (Å²) >= 11 is 0. The number of para-hydroxylation sites is 2. The van der Waals surface area contributed by atoms with Gasteiger partial charge in [0, 0.05) is 12.0 Å². The molecule has 3 nitrogen and oxygen atoms in total. The van der Waals surface area contributed by atoms with Crippen LogP contribution in [0.25, 0.3) is 11.0 Å². The van der Waals surface area contributed by atoms with Gasteiger partial charge in [-0.05, 0) is 57.1 Å². The Balaban J connectivity index is 1.52. The Labute approximate surface area is 160 Å². The predicted molar refractivity (Wildman–Crippen MR) is 108 cm³/mol. The van der Waals surface area contributed by atoms with Gasteiger partial charge in [-0.3, -0.25) is 0 Å². The van der Waals surface area contributed by atoms with Crippen LogP contribution in [0.3, 0.4) is 0 Å². The molecule has 1 fully saturated rings. The molecule has 0 radical (unpaired) electrons. The van der Waals surface area contributed by atoms with Gasteiger partial charge in [-0.15, -0.1) is 0 Å². The summed E-state index contributed by atoms with van der Waals surface area (Å²) in [6, 6.07) is 15.2. The average molecular weight is 365 g/mol. The molecular formula is C23H28FN3. The van der Waals surface area contributed by atoms with E-state index in [1.54, 1.807) is 6.07 Å². The van der Waals surface area contributed by atoms with E-state index in [4.69, 9.17) is 4.98 Å². The molecule has 0 unspecified atom stereocenters. The molecule has 2 heterocycles. The number of hydrogen-bond donors (Lipinski definition) is 0. The van der Waals surface area contributed by atoms with Gasteiger partial charge in [-0.1, -0.05) is 43.2 Å². The molecule has 3 aromatic rings. The second-order valence-electron chi connectivity index (χ2n) is 7.55. The normalized spacial score (nSPS) is 15.9. The second kappa shape index (κ2) is 8.66. The highest BCUT2D eigenvalue weighted by Crippen LogP contribution is 2.20. The van der Waals surface area contributed by atoms with Gasteiger partial charge in [0.1, 0.15) is 11.6 Å². The number of rotatable bonds is 6. The summed E-state index contributed by atoms with van der Waals surface area (Å²) in [5.74, 6) is 0.917. The van der Waals surface area contributed by atoms with Crippen molar-refractivity contribution in [3.8, 4) is 0 Å². The van der Waals surface area contributed by atoms with Crippen LogP contribution in [0.5, 0.6) is 0 Å². The lowest BCUT2D eigenvalue weighted by atomic mass is 10.2. The van der Waals surface area contributed by atoms with Crippen LogP contribution in [0.2, 0.25) is 0 Å². The van der Waals surface area contributed by atoms with Gasteiger partial charge in [-0.2, -0.15) is 0 Å². The first-order valence-corrected chi connectivity index (χ1v) is 10.2. The standard InChI is InChI=1S/C23H28FN3/c24-20-11-4-3-10-19(20)18-27-22-13-6-5-12-21(22)25-23(27)14-9-17-26-15-7-1-2-8-16-26/h3-6,10-13H,1-2,7-9,14-18H2. The van der Waals surface area contributed by atoms with Crippen molar-refractivity contribution < 1.29 is 4.39 Å². The van der Waals surface area contributed by atoms with Gasteiger partial charge < -0.3 is 9.47 Å². The van der Waals surface area contributed by atoms with Crippen LogP contribution >= 0.6 is 0 Å². The maximum atomic E-state index is 14.2. The number of halogens is 1. The van der Waals surface area contributed by atoms with Crippen LogP contribution in [0.1, 0.15) is 43.5 Å². The molecule has 142 valence electrons. The van der Waals surface area contributed by atoms with Crippen molar-refractivity contribution >= 4 is 11.0 Å². The molecule has 0 atom stereocenters. The summed E-state index contributed by atoms with van der Waals surface area (Å²) in [5.41, 5.74) is 2.80. The van der Waals surface area contributed by atoms with E-state index in [-0.39, 0.29) is 5.82 Å². The third-order valence-corrected chi connectivity index (χ3v) is 5.59. The van der Waals surface area contributed by atoms with E-state index in [0.29, 0.717) is 6.54 Å². The first kappa shape index (κ1) is 18.2. The molecule has 0 aliphatic carbocycles. The number of fused-ring (bicyclic) bond motifs is 1. The van der Waals surface area contributed by atoms with Gasteiger partial charge in [0.2, 0.25) is 0 Å². The minimum Gasteiger partial charge on any atom is -0.323 e. The molecule has 1 saturated heterocycles. The van der Waals surface area contributed by atoms with Gasteiger partial charge >= 0.3 is 0 Å². The Morgan fingerprint density at radius 3 is 2.44 bits per heavy atom. The number of aromatic nitrogens is 2. The summed E-state index contributed by atoms with van der Waals surface area (Å²) in [6.45, 7) is 4.12. The van der Waals surface area contributed by atoms with E-state index < -0.39 is 0 Å². The number of hydrogen-bond acceptors (Lipinski definition) is 2.